The monoisotopic (exact) mass is 526 g/mol. The first-order valence-corrected chi connectivity index (χ1v) is 9.63. The Hall–Kier alpha value is -2.49. The summed E-state index contributed by atoms with van der Waals surface area (Å²) in [7, 11) is 5.12. The highest BCUT2D eigenvalue weighted by atomic mass is 127. The minimum absolute atomic E-state index is 0. The lowest BCUT2D eigenvalue weighted by Gasteiger charge is -2.13. The maximum Gasteiger partial charge on any atom is 0.253 e. The van der Waals surface area contributed by atoms with Crippen LogP contribution >= 0.6 is 24.0 Å². The van der Waals surface area contributed by atoms with Crippen LogP contribution in [0, 0.1) is 0 Å². The second-order valence-corrected chi connectivity index (χ2v) is 6.55. The highest BCUT2D eigenvalue weighted by molar-refractivity contribution is 14.0. The van der Waals surface area contributed by atoms with E-state index in [1.54, 1.807) is 26.1 Å². The fourth-order valence-corrected chi connectivity index (χ4v) is 2.55. The van der Waals surface area contributed by atoms with Crippen molar-refractivity contribution in [1.82, 2.24) is 15.5 Å². The summed E-state index contributed by atoms with van der Waals surface area (Å²) in [5.74, 6) is 2.24. The van der Waals surface area contributed by atoms with Gasteiger partial charge in [-0.15, -0.1) is 24.0 Å². The van der Waals surface area contributed by atoms with E-state index in [0.717, 1.165) is 29.6 Å². The lowest BCUT2D eigenvalue weighted by molar-refractivity contribution is 0.0827. The number of ether oxygens (including phenoxy) is 2. The number of benzene rings is 2. The molecule has 2 rings (SSSR count). The standard InChI is InChI=1S/C22H30N4O3.HI/c1-5-23-22(24-13-14-29-20-8-6-7-19(15-20)28-4)25-16-17-9-11-18(12-10-17)21(27)26(2)3;/h6-12,15H,5,13-14,16H2,1-4H3,(H2,23,24,25);1H. The molecule has 0 aliphatic heterocycles. The number of amides is 1. The predicted octanol–water partition coefficient (Wildman–Crippen LogP) is 3.15. The number of guanidine groups is 1. The lowest BCUT2D eigenvalue weighted by atomic mass is 10.1. The van der Waals surface area contributed by atoms with E-state index in [4.69, 9.17) is 9.47 Å². The Labute approximate surface area is 195 Å². The molecule has 0 aliphatic carbocycles. The molecule has 30 heavy (non-hydrogen) atoms. The molecule has 2 aromatic carbocycles. The van der Waals surface area contributed by atoms with Gasteiger partial charge in [0, 0.05) is 32.3 Å². The summed E-state index contributed by atoms with van der Waals surface area (Å²) < 4.78 is 10.9. The van der Waals surface area contributed by atoms with Gasteiger partial charge in [0.15, 0.2) is 5.96 Å². The summed E-state index contributed by atoms with van der Waals surface area (Å²) in [6.07, 6.45) is 0. The summed E-state index contributed by atoms with van der Waals surface area (Å²) in [5.41, 5.74) is 1.70. The fraction of sp³-hybridized carbons (Fsp3) is 0.364. The summed E-state index contributed by atoms with van der Waals surface area (Å²) in [5, 5.41) is 6.47. The third-order valence-electron chi connectivity index (χ3n) is 4.08. The van der Waals surface area contributed by atoms with Gasteiger partial charge in [0.05, 0.1) is 20.2 Å². The van der Waals surface area contributed by atoms with Crippen LogP contribution in [0.15, 0.2) is 53.5 Å². The van der Waals surface area contributed by atoms with Crippen molar-refractivity contribution in [2.75, 3.05) is 40.9 Å². The van der Waals surface area contributed by atoms with Gasteiger partial charge < -0.3 is 25.0 Å². The van der Waals surface area contributed by atoms with Gasteiger partial charge in [-0.1, -0.05) is 18.2 Å². The molecule has 0 unspecified atom stereocenters. The van der Waals surface area contributed by atoms with Crippen molar-refractivity contribution in [3.8, 4) is 11.5 Å². The zero-order valence-corrected chi connectivity index (χ0v) is 20.3. The van der Waals surface area contributed by atoms with Gasteiger partial charge >= 0.3 is 0 Å². The van der Waals surface area contributed by atoms with Crippen LogP contribution in [0.3, 0.4) is 0 Å². The molecule has 2 N–H and O–H groups in total. The summed E-state index contributed by atoms with van der Waals surface area (Å²) in [4.78, 5) is 18.1. The molecule has 0 aliphatic rings. The van der Waals surface area contributed by atoms with Crippen molar-refractivity contribution in [2.45, 2.75) is 13.5 Å². The summed E-state index contributed by atoms with van der Waals surface area (Å²) in [6.45, 7) is 4.41. The minimum atomic E-state index is -0.00825. The Morgan fingerprint density at radius 1 is 1.07 bits per heavy atom. The number of methoxy groups -OCH3 is 1. The predicted molar refractivity (Wildman–Crippen MR) is 131 cm³/mol. The first-order chi connectivity index (χ1) is 14.0. The maximum atomic E-state index is 12.0. The van der Waals surface area contributed by atoms with E-state index < -0.39 is 0 Å². The highest BCUT2D eigenvalue weighted by Crippen LogP contribution is 2.18. The van der Waals surface area contributed by atoms with Crippen LogP contribution in [-0.2, 0) is 6.54 Å². The van der Waals surface area contributed by atoms with Crippen LogP contribution in [-0.4, -0.2) is 57.7 Å². The molecule has 0 saturated carbocycles. The molecule has 0 aromatic heterocycles. The number of hydrogen-bond acceptors (Lipinski definition) is 4. The molecular weight excluding hydrogens is 495 g/mol. The quantitative estimate of drug-likeness (QED) is 0.227. The van der Waals surface area contributed by atoms with Crippen LogP contribution in [0.1, 0.15) is 22.8 Å². The normalized spacial score (nSPS) is 10.6. The van der Waals surface area contributed by atoms with Gasteiger partial charge in [0.2, 0.25) is 0 Å². The van der Waals surface area contributed by atoms with E-state index in [-0.39, 0.29) is 29.9 Å². The molecule has 0 fully saturated rings. The van der Waals surface area contributed by atoms with Crippen molar-refractivity contribution in [2.24, 2.45) is 4.99 Å². The number of carbonyl (C=O) groups is 1. The first-order valence-electron chi connectivity index (χ1n) is 9.63. The van der Waals surface area contributed by atoms with E-state index in [1.165, 1.54) is 0 Å². The van der Waals surface area contributed by atoms with E-state index in [2.05, 4.69) is 15.6 Å². The fourth-order valence-electron chi connectivity index (χ4n) is 2.55. The van der Waals surface area contributed by atoms with Gasteiger partial charge in [0.1, 0.15) is 18.1 Å². The van der Waals surface area contributed by atoms with Gasteiger partial charge in [-0.3, -0.25) is 4.79 Å². The number of nitrogens with one attached hydrogen (secondary N) is 2. The van der Waals surface area contributed by atoms with E-state index >= 15 is 0 Å². The molecule has 7 nitrogen and oxygen atoms in total. The molecule has 1 amide bonds. The molecule has 8 heteroatoms. The number of nitrogens with zero attached hydrogens (tertiary/aromatic N) is 2. The second-order valence-electron chi connectivity index (χ2n) is 6.55. The summed E-state index contributed by atoms with van der Waals surface area (Å²) >= 11 is 0. The molecule has 0 bridgehead atoms. The Kier molecular flexibility index (Phi) is 11.7. The SMILES string of the molecule is CCNC(=NCc1ccc(C(=O)N(C)C)cc1)NCCOc1cccc(OC)c1.I. The van der Waals surface area contributed by atoms with Crippen LogP contribution in [0.25, 0.3) is 0 Å². The van der Waals surface area contributed by atoms with Crippen LogP contribution in [0.2, 0.25) is 0 Å². The highest BCUT2D eigenvalue weighted by Gasteiger charge is 2.07. The van der Waals surface area contributed by atoms with Crippen LogP contribution < -0.4 is 20.1 Å². The molecule has 0 heterocycles. The molecule has 0 atom stereocenters. The zero-order chi connectivity index (χ0) is 21.1. The number of aliphatic imine (C=N–C) groups is 1. The van der Waals surface area contributed by atoms with E-state index in [1.807, 2.05) is 55.5 Å². The minimum Gasteiger partial charge on any atom is -0.497 e. The van der Waals surface area contributed by atoms with Gasteiger partial charge in [-0.05, 0) is 36.8 Å². The van der Waals surface area contributed by atoms with Crippen molar-refractivity contribution in [1.29, 1.82) is 0 Å². The third kappa shape index (κ3) is 8.48. The topological polar surface area (TPSA) is 75.2 Å². The molecule has 2 aromatic rings. The molecular formula is C22H31IN4O3. The van der Waals surface area contributed by atoms with Crippen molar-refractivity contribution < 1.29 is 14.3 Å². The van der Waals surface area contributed by atoms with Crippen LogP contribution in [0.5, 0.6) is 11.5 Å². The Morgan fingerprint density at radius 2 is 1.77 bits per heavy atom. The largest absolute Gasteiger partial charge is 0.497 e. The van der Waals surface area contributed by atoms with E-state index in [0.29, 0.717) is 25.3 Å². The number of rotatable bonds is 9. The average Bonchev–Trinajstić information content (AvgIpc) is 2.74. The molecule has 0 spiro atoms. The van der Waals surface area contributed by atoms with Crippen molar-refractivity contribution in [3.05, 3.63) is 59.7 Å². The van der Waals surface area contributed by atoms with Crippen molar-refractivity contribution in [3.63, 3.8) is 0 Å². The molecule has 164 valence electrons. The Balaban J connectivity index is 0.00000450. The first kappa shape index (κ1) is 25.5. The zero-order valence-electron chi connectivity index (χ0n) is 18.0. The van der Waals surface area contributed by atoms with Gasteiger partial charge in [0.25, 0.3) is 5.91 Å². The van der Waals surface area contributed by atoms with E-state index in [9.17, 15) is 4.79 Å². The number of carbonyl (C=O) groups excluding carboxylic acids is 1. The van der Waals surface area contributed by atoms with Gasteiger partial charge in [-0.25, -0.2) is 4.99 Å². The Morgan fingerprint density at radius 3 is 2.40 bits per heavy atom. The second kappa shape index (κ2) is 13.7. The number of hydrogen-bond donors (Lipinski definition) is 2. The maximum absolute atomic E-state index is 12.0. The lowest BCUT2D eigenvalue weighted by Crippen LogP contribution is -2.39. The Bertz CT molecular complexity index is 810. The summed E-state index contributed by atoms with van der Waals surface area (Å²) in [6, 6.07) is 15.0. The smallest absolute Gasteiger partial charge is 0.253 e. The third-order valence-corrected chi connectivity index (χ3v) is 4.08. The number of halogens is 1. The molecule has 0 saturated heterocycles. The molecule has 0 radical (unpaired) electrons. The van der Waals surface area contributed by atoms with Crippen LogP contribution in [0.4, 0.5) is 0 Å². The van der Waals surface area contributed by atoms with Crippen molar-refractivity contribution >= 4 is 35.8 Å². The van der Waals surface area contributed by atoms with Gasteiger partial charge in [-0.2, -0.15) is 0 Å². The average molecular weight is 526 g/mol.